The van der Waals surface area contributed by atoms with E-state index in [2.05, 4.69) is 62.5 Å². The van der Waals surface area contributed by atoms with Gasteiger partial charge in [-0.25, -0.2) is 4.98 Å². The molecule has 0 saturated carbocycles. The van der Waals surface area contributed by atoms with Gasteiger partial charge in [-0.05, 0) is 58.7 Å². The number of thiazole rings is 1. The van der Waals surface area contributed by atoms with E-state index < -0.39 is 5.91 Å². The molecular weight excluding hydrogens is 621 g/mol. The number of nitrogens with one attached hydrogen (secondary N) is 4. The predicted molar refractivity (Wildman–Crippen MR) is 187 cm³/mol. The third-order valence-electron chi connectivity index (χ3n) is 7.28. The molecule has 2 amide bonds. The topological polar surface area (TPSA) is 162 Å². The Labute approximate surface area is 277 Å². The first-order valence-electron chi connectivity index (χ1n) is 14.9. The number of ether oxygens (including phenoxy) is 1. The highest BCUT2D eigenvalue weighted by Crippen LogP contribution is 2.41. The Morgan fingerprint density at radius 2 is 1.67 bits per heavy atom. The third-order valence-corrected chi connectivity index (χ3v) is 8.75. The van der Waals surface area contributed by atoms with Crippen LogP contribution in [0.2, 0.25) is 0 Å². The number of amidine groups is 1. The van der Waals surface area contributed by atoms with E-state index in [1.807, 2.05) is 53.9 Å². The Morgan fingerprint density at radius 1 is 1.02 bits per heavy atom. The van der Waals surface area contributed by atoms with Crippen LogP contribution >= 0.6 is 22.7 Å². The van der Waals surface area contributed by atoms with Crippen molar-refractivity contribution in [2.45, 2.75) is 70.9 Å². The van der Waals surface area contributed by atoms with Gasteiger partial charge in [0.2, 0.25) is 5.91 Å². The molecule has 1 aliphatic heterocycles. The van der Waals surface area contributed by atoms with Gasteiger partial charge in [-0.15, -0.1) is 22.7 Å². The van der Waals surface area contributed by atoms with Crippen molar-refractivity contribution in [1.82, 2.24) is 10.3 Å². The van der Waals surface area contributed by atoms with Crippen molar-refractivity contribution in [2.24, 2.45) is 5.73 Å². The molecule has 3 heterocycles. The molecule has 0 unspecified atom stereocenters. The molecule has 12 heteroatoms. The first kappa shape index (κ1) is 34.6. The lowest BCUT2D eigenvalue weighted by molar-refractivity contribution is -0.117. The van der Waals surface area contributed by atoms with Crippen LogP contribution in [0.3, 0.4) is 0 Å². The van der Waals surface area contributed by atoms with E-state index in [9.17, 15) is 14.7 Å². The summed E-state index contributed by atoms with van der Waals surface area (Å²) in [4.78, 5) is 27.9. The van der Waals surface area contributed by atoms with Crippen LogP contribution in [0.4, 0.5) is 11.4 Å². The lowest BCUT2D eigenvalue weighted by Gasteiger charge is -2.28. The number of phenolic OH excluding ortho intramolecular Hbond substituents is 1. The van der Waals surface area contributed by atoms with Crippen LogP contribution in [0.5, 0.6) is 11.5 Å². The summed E-state index contributed by atoms with van der Waals surface area (Å²) >= 11 is 2.87. The smallest absolute Gasteiger partial charge is 0.268 e. The Morgan fingerprint density at radius 3 is 2.17 bits per heavy atom. The lowest BCUT2D eigenvalue weighted by atomic mass is 9.79. The zero-order chi connectivity index (χ0) is 33.6. The largest absolute Gasteiger partial charge is 0.507 e. The Balaban J connectivity index is 0.000000523. The van der Waals surface area contributed by atoms with Gasteiger partial charge in [0.25, 0.3) is 5.91 Å². The molecule has 0 spiro atoms. The standard InChI is InChI=1S/C30H38N4O3S.C4H4N2OS/c1-29(2,3)22-14-19(15-23(26(22)35)30(4,5)6)34-28(36)24-16-21(17-32-24)37-20-11-9-18(10-12-20)33-27(31)25-8-7-13-38-25;5-4(7)3-1-8-2-6-3/h7-15,21,24,32,35H,16-17H2,1-6H3,(H2,31,33)(H,34,36);1-2H,(H2,5,7)/t21-,24+;/m0./s1. The summed E-state index contributed by atoms with van der Waals surface area (Å²) < 4.78 is 6.13. The minimum absolute atomic E-state index is 0.117. The minimum atomic E-state index is -0.466. The highest BCUT2D eigenvalue weighted by atomic mass is 32.1. The maximum absolute atomic E-state index is 13.1. The number of thiophene rings is 1. The zero-order valence-electron chi connectivity index (χ0n) is 26.9. The summed E-state index contributed by atoms with van der Waals surface area (Å²) in [5, 5.41) is 32.1. The Bertz CT molecular complexity index is 1610. The van der Waals surface area contributed by atoms with Crippen LogP contribution in [-0.2, 0) is 15.6 Å². The maximum atomic E-state index is 13.1. The zero-order valence-corrected chi connectivity index (χ0v) is 28.6. The molecule has 4 aromatic rings. The second kappa shape index (κ2) is 14.4. The van der Waals surface area contributed by atoms with Gasteiger partial charge in [-0.1, -0.05) is 47.6 Å². The number of aromatic hydroxyl groups is 1. The molecule has 46 heavy (non-hydrogen) atoms. The number of nitrogens with zero attached hydrogens (tertiary/aromatic N) is 1. The number of rotatable bonds is 7. The number of hydrogen-bond donors (Lipinski definition) is 6. The molecule has 7 N–H and O–H groups in total. The second-order valence-electron chi connectivity index (χ2n) is 13.1. The average Bonchev–Trinajstić information content (AvgIpc) is 3.77. The van der Waals surface area contributed by atoms with Crippen molar-refractivity contribution in [3.8, 4) is 11.5 Å². The van der Waals surface area contributed by atoms with Crippen molar-refractivity contribution in [3.05, 3.63) is 86.5 Å². The number of hydrogen-bond acceptors (Lipinski definition) is 9. The first-order chi connectivity index (χ1) is 21.6. The number of amides is 2. The number of aromatic nitrogens is 1. The van der Waals surface area contributed by atoms with Crippen LogP contribution in [-0.4, -0.2) is 46.4 Å². The predicted octanol–water partition coefficient (Wildman–Crippen LogP) is 6.48. The van der Waals surface area contributed by atoms with Gasteiger partial charge in [0, 0.05) is 40.8 Å². The molecule has 1 saturated heterocycles. The fourth-order valence-electron chi connectivity index (χ4n) is 4.84. The molecule has 1 aliphatic rings. The van der Waals surface area contributed by atoms with Crippen LogP contribution in [0.15, 0.2) is 64.8 Å². The van der Waals surface area contributed by atoms with Crippen LogP contribution in [0.1, 0.15) is 74.5 Å². The van der Waals surface area contributed by atoms with E-state index in [1.165, 1.54) is 22.7 Å². The number of carbonyl (C=O) groups is 2. The maximum Gasteiger partial charge on any atom is 0.268 e. The Hall–Kier alpha value is -4.26. The van der Waals surface area contributed by atoms with E-state index in [0.29, 0.717) is 41.7 Å². The molecule has 0 radical (unpaired) electrons. The second-order valence-corrected chi connectivity index (χ2v) is 14.8. The fourth-order valence-corrected chi connectivity index (χ4v) is 6.01. The minimum Gasteiger partial charge on any atom is -0.507 e. The van der Waals surface area contributed by atoms with E-state index in [1.54, 1.807) is 10.9 Å². The van der Waals surface area contributed by atoms with Gasteiger partial charge in [0.1, 0.15) is 29.1 Å². The number of primary amides is 1. The van der Waals surface area contributed by atoms with Crippen LogP contribution in [0.25, 0.3) is 0 Å². The number of benzene rings is 2. The number of phenols is 1. The van der Waals surface area contributed by atoms with Gasteiger partial charge in [-0.3, -0.25) is 15.0 Å². The van der Waals surface area contributed by atoms with Crippen molar-refractivity contribution < 1.29 is 19.4 Å². The van der Waals surface area contributed by atoms with Crippen molar-refractivity contribution in [3.63, 3.8) is 0 Å². The van der Waals surface area contributed by atoms with Gasteiger partial charge in [0.05, 0.1) is 16.4 Å². The van der Waals surface area contributed by atoms with Gasteiger partial charge >= 0.3 is 0 Å². The van der Waals surface area contributed by atoms with E-state index in [-0.39, 0.29) is 28.9 Å². The van der Waals surface area contributed by atoms with Gasteiger partial charge in [0.15, 0.2) is 0 Å². The molecule has 10 nitrogen and oxygen atoms in total. The van der Waals surface area contributed by atoms with Crippen molar-refractivity contribution >= 4 is 51.7 Å². The lowest BCUT2D eigenvalue weighted by Crippen LogP contribution is -2.35. The summed E-state index contributed by atoms with van der Waals surface area (Å²) in [7, 11) is 0. The van der Waals surface area contributed by atoms with Crippen molar-refractivity contribution in [2.75, 3.05) is 17.2 Å². The molecule has 2 atom stereocenters. The first-order valence-corrected chi connectivity index (χ1v) is 16.7. The summed E-state index contributed by atoms with van der Waals surface area (Å²) in [6.07, 6.45) is 0.412. The van der Waals surface area contributed by atoms with Crippen molar-refractivity contribution in [1.29, 1.82) is 5.41 Å². The number of nitrogens with two attached hydrogens (primary N) is 1. The highest BCUT2D eigenvalue weighted by Gasteiger charge is 2.32. The van der Waals surface area contributed by atoms with Gasteiger partial charge in [-0.2, -0.15) is 0 Å². The summed E-state index contributed by atoms with van der Waals surface area (Å²) in [6.45, 7) is 12.9. The fraction of sp³-hybridized carbons (Fsp3) is 0.353. The monoisotopic (exact) mass is 662 g/mol. The van der Waals surface area contributed by atoms with Gasteiger partial charge < -0.3 is 31.5 Å². The molecule has 2 aromatic heterocycles. The quantitative estimate of drug-likeness (QED) is 0.0750. The number of carbonyl (C=O) groups excluding carboxylic acids is 2. The Kier molecular flexibility index (Phi) is 10.9. The molecule has 244 valence electrons. The normalized spacial score (nSPS) is 16.2. The van der Waals surface area contributed by atoms with E-state index in [4.69, 9.17) is 15.9 Å². The summed E-state index contributed by atoms with van der Waals surface area (Å²) in [5.41, 5.74) is 9.35. The summed E-state index contributed by atoms with van der Waals surface area (Å²) in [6, 6.07) is 14.7. The molecule has 2 aromatic carbocycles. The van der Waals surface area contributed by atoms with E-state index in [0.717, 1.165) is 21.7 Å². The third kappa shape index (κ3) is 9.15. The molecule has 0 aliphatic carbocycles. The molecule has 0 bridgehead atoms. The van der Waals surface area contributed by atoms with Crippen LogP contribution in [0, 0.1) is 5.41 Å². The molecule has 1 fully saturated rings. The molecular formula is C34H42N6O4S2. The van der Waals surface area contributed by atoms with Crippen LogP contribution < -0.4 is 26.4 Å². The highest BCUT2D eigenvalue weighted by molar-refractivity contribution is 7.12. The average molecular weight is 663 g/mol. The van der Waals surface area contributed by atoms with E-state index >= 15 is 0 Å². The molecule has 5 rings (SSSR count). The SMILES string of the molecule is CC(C)(C)c1cc(NC(=O)[C@H]2C[C@H](Oc3ccc(NC(=N)c4cccs4)cc3)CN2)cc(C(C)(C)C)c1O.NC(=O)c1cscn1. The number of anilines is 2. The summed E-state index contributed by atoms with van der Waals surface area (Å²) in [5.74, 6) is 0.786.